The van der Waals surface area contributed by atoms with Gasteiger partial charge in [-0.2, -0.15) is 0 Å². The predicted molar refractivity (Wildman–Crippen MR) is 49.8 cm³/mol. The minimum atomic E-state index is -0.405. The fraction of sp³-hybridized carbons (Fsp3) is 0.700. The van der Waals surface area contributed by atoms with Crippen molar-refractivity contribution in [3.05, 3.63) is 11.9 Å². The van der Waals surface area contributed by atoms with Crippen LogP contribution in [-0.2, 0) is 4.79 Å². The van der Waals surface area contributed by atoms with Gasteiger partial charge in [-0.3, -0.25) is 4.79 Å². The van der Waals surface area contributed by atoms with Crippen molar-refractivity contribution in [3.63, 3.8) is 0 Å². The molecule has 0 radical (unpaired) electrons. The van der Waals surface area contributed by atoms with Gasteiger partial charge in [0.05, 0.1) is 6.54 Å². The van der Waals surface area contributed by atoms with Crippen molar-refractivity contribution >= 4 is 5.91 Å². The molecule has 0 saturated carbocycles. The Bertz CT molecular complexity index is 240. The fourth-order valence-electron chi connectivity index (χ4n) is 1.35. The maximum Gasteiger partial charge on any atom is 0.228 e. The van der Waals surface area contributed by atoms with E-state index in [1.807, 2.05) is 20.8 Å². The van der Waals surface area contributed by atoms with Crippen LogP contribution in [0.4, 0.5) is 4.39 Å². The lowest BCUT2D eigenvalue weighted by atomic mass is 9.94. The van der Waals surface area contributed by atoms with Gasteiger partial charge in [-0.05, 0) is 12.5 Å². The molecule has 0 aliphatic carbocycles. The highest BCUT2D eigenvalue weighted by Gasteiger charge is 2.28. The molecule has 0 spiro atoms. The third-order valence-corrected chi connectivity index (χ3v) is 2.04. The maximum absolute atomic E-state index is 12.8. The van der Waals surface area contributed by atoms with E-state index in [2.05, 4.69) is 0 Å². The van der Waals surface area contributed by atoms with Crippen LogP contribution in [-0.4, -0.2) is 23.9 Å². The molecular weight excluding hydrogens is 169 g/mol. The molecule has 0 saturated heterocycles. The van der Waals surface area contributed by atoms with Gasteiger partial charge in [-0.15, -0.1) is 0 Å². The van der Waals surface area contributed by atoms with E-state index >= 15 is 0 Å². The summed E-state index contributed by atoms with van der Waals surface area (Å²) in [7, 11) is 0. The van der Waals surface area contributed by atoms with E-state index in [9.17, 15) is 9.18 Å². The first-order valence-electron chi connectivity index (χ1n) is 4.55. The summed E-state index contributed by atoms with van der Waals surface area (Å²) in [6, 6.07) is 0. The van der Waals surface area contributed by atoms with E-state index in [-0.39, 0.29) is 18.3 Å². The van der Waals surface area contributed by atoms with Crippen molar-refractivity contribution in [2.75, 3.05) is 13.1 Å². The van der Waals surface area contributed by atoms with E-state index in [4.69, 9.17) is 0 Å². The van der Waals surface area contributed by atoms with Crippen LogP contribution in [0.3, 0.4) is 0 Å². The highest BCUT2D eigenvalue weighted by Crippen LogP contribution is 2.20. The van der Waals surface area contributed by atoms with Crippen LogP contribution in [0.25, 0.3) is 0 Å². The maximum atomic E-state index is 12.8. The topological polar surface area (TPSA) is 20.3 Å². The number of carbonyl (C=O) groups excluding carboxylic acids is 1. The van der Waals surface area contributed by atoms with E-state index in [0.29, 0.717) is 13.0 Å². The van der Waals surface area contributed by atoms with Crippen molar-refractivity contribution in [1.29, 1.82) is 0 Å². The summed E-state index contributed by atoms with van der Waals surface area (Å²) in [6.45, 7) is 6.35. The standard InChI is InChI=1S/C10H16FNO/c1-10(2,3)9(13)12-6-4-5-8(11)7-12/h5H,4,6-7H2,1-3H3. The smallest absolute Gasteiger partial charge is 0.228 e. The Morgan fingerprint density at radius 1 is 1.54 bits per heavy atom. The summed E-state index contributed by atoms with van der Waals surface area (Å²) in [5.41, 5.74) is -0.405. The highest BCUT2D eigenvalue weighted by atomic mass is 19.1. The zero-order valence-electron chi connectivity index (χ0n) is 8.43. The summed E-state index contributed by atoms with van der Waals surface area (Å²) in [6.07, 6.45) is 2.18. The summed E-state index contributed by atoms with van der Waals surface area (Å²) < 4.78 is 12.8. The molecule has 1 heterocycles. The predicted octanol–water partition coefficient (Wildman–Crippen LogP) is 2.12. The molecule has 0 bridgehead atoms. The van der Waals surface area contributed by atoms with E-state index in [1.165, 1.54) is 0 Å². The van der Waals surface area contributed by atoms with E-state index in [1.54, 1.807) is 11.0 Å². The lowest BCUT2D eigenvalue weighted by Gasteiger charge is -2.30. The average Bonchev–Trinajstić information content (AvgIpc) is 2.01. The molecule has 0 aromatic rings. The number of halogens is 1. The Kier molecular flexibility index (Phi) is 2.74. The first-order valence-corrected chi connectivity index (χ1v) is 4.55. The van der Waals surface area contributed by atoms with Gasteiger partial charge in [0.25, 0.3) is 0 Å². The molecule has 0 fully saturated rings. The van der Waals surface area contributed by atoms with Crippen molar-refractivity contribution in [2.45, 2.75) is 27.2 Å². The number of hydrogen-bond acceptors (Lipinski definition) is 1. The minimum Gasteiger partial charge on any atom is -0.335 e. The molecule has 0 aromatic carbocycles. The SMILES string of the molecule is CC(C)(C)C(=O)N1CCC=C(F)C1. The quantitative estimate of drug-likeness (QED) is 0.566. The Hall–Kier alpha value is -0.860. The van der Waals surface area contributed by atoms with Crippen molar-refractivity contribution < 1.29 is 9.18 Å². The van der Waals surface area contributed by atoms with E-state index in [0.717, 1.165) is 0 Å². The summed E-state index contributed by atoms with van der Waals surface area (Å²) in [5, 5.41) is 0. The number of hydrogen-bond donors (Lipinski definition) is 0. The zero-order valence-corrected chi connectivity index (χ0v) is 8.43. The summed E-state index contributed by atoms with van der Waals surface area (Å²) >= 11 is 0. The van der Waals surface area contributed by atoms with Crippen LogP contribution >= 0.6 is 0 Å². The fourth-order valence-corrected chi connectivity index (χ4v) is 1.35. The first-order chi connectivity index (χ1) is 5.91. The minimum absolute atomic E-state index is 0.0238. The first kappa shape index (κ1) is 10.2. The van der Waals surface area contributed by atoms with Gasteiger partial charge in [0.1, 0.15) is 5.83 Å². The number of nitrogens with zero attached hydrogens (tertiary/aromatic N) is 1. The molecule has 13 heavy (non-hydrogen) atoms. The van der Waals surface area contributed by atoms with Gasteiger partial charge in [-0.25, -0.2) is 4.39 Å². The average molecular weight is 185 g/mol. The van der Waals surface area contributed by atoms with Crippen LogP contribution in [0.1, 0.15) is 27.2 Å². The molecule has 1 aliphatic heterocycles. The Balaban J connectivity index is 2.65. The number of rotatable bonds is 0. The Morgan fingerprint density at radius 2 is 2.15 bits per heavy atom. The van der Waals surface area contributed by atoms with Crippen molar-refractivity contribution in [2.24, 2.45) is 5.41 Å². The molecule has 1 aliphatic rings. The van der Waals surface area contributed by atoms with Crippen LogP contribution in [0.5, 0.6) is 0 Å². The Morgan fingerprint density at radius 3 is 2.62 bits per heavy atom. The van der Waals surface area contributed by atoms with Crippen LogP contribution in [0.2, 0.25) is 0 Å². The third-order valence-electron chi connectivity index (χ3n) is 2.04. The van der Waals surface area contributed by atoms with Gasteiger partial charge < -0.3 is 4.90 Å². The highest BCUT2D eigenvalue weighted by molar-refractivity contribution is 5.81. The molecule has 0 atom stereocenters. The van der Waals surface area contributed by atoms with Crippen molar-refractivity contribution in [3.8, 4) is 0 Å². The summed E-state index contributed by atoms with van der Waals surface area (Å²) in [4.78, 5) is 13.3. The lowest BCUT2D eigenvalue weighted by molar-refractivity contribution is -0.139. The Labute approximate surface area is 78.4 Å². The second-order valence-electron chi connectivity index (χ2n) is 4.42. The second kappa shape index (κ2) is 3.48. The van der Waals surface area contributed by atoms with Crippen molar-refractivity contribution in [1.82, 2.24) is 4.90 Å². The van der Waals surface area contributed by atoms with E-state index < -0.39 is 5.41 Å². The van der Waals surface area contributed by atoms with Crippen LogP contribution < -0.4 is 0 Å². The zero-order chi connectivity index (χ0) is 10.1. The molecular formula is C10H16FNO. The molecule has 1 rings (SSSR count). The third kappa shape index (κ3) is 2.54. The van der Waals surface area contributed by atoms with Gasteiger partial charge >= 0.3 is 0 Å². The monoisotopic (exact) mass is 185 g/mol. The number of amides is 1. The second-order valence-corrected chi connectivity index (χ2v) is 4.42. The van der Waals surface area contributed by atoms with Gasteiger partial charge in [0, 0.05) is 12.0 Å². The molecule has 74 valence electrons. The molecule has 0 aromatic heterocycles. The number of carbonyl (C=O) groups is 1. The lowest BCUT2D eigenvalue weighted by Crippen LogP contribution is -2.42. The molecule has 1 amide bonds. The molecule has 2 nitrogen and oxygen atoms in total. The normalized spacial score (nSPS) is 18.5. The van der Waals surface area contributed by atoms with Crippen LogP contribution in [0.15, 0.2) is 11.9 Å². The largest absolute Gasteiger partial charge is 0.335 e. The molecule has 0 unspecified atom stereocenters. The molecule has 3 heteroatoms. The summed E-state index contributed by atoms with van der Waals surface area (Å²) in [5.74, 6) is -0.167. The van der Waals surface area contributed by atoms with Gasteiger partial charge in [0.2, 0.25) is 5.91 Å². The molecule has 0 N–H and O–H groups in total. The van der Waals surface area contributed by atoms with Crippen LogP contribution in [0, 0.1) is 5.41 Å². The van der Waals surface area contributed by atoms with Gasteiger partial charge in [-0.1, -0.05) is 20.8 Å². The van der Waals surface area contributed by atoms with Gasteiger partial charge in [0.15, 0.2) is 0 Å².